The molecule has 0 saturated heterocycles. The first kappa shape index (κ1) is 14.4. The standard InChI is InChI=1S/C12H21B4NO2/c1-2-8(17-11(13)14)5-7-3-4-9-10(6-7)19-12(15,16)18-9/h3-4,6,8,11,17H,2,5,13-16H2,1H3/t8-/m1/s1. The third kappa shape index (κ3) is 3.75. The van der Waals surface area contributed by atoms with Gasteiger partial charge in [-0.1, -0.05) is 18.8 Å². The molecule has 1 aliphatic rings. The van der Waals surface area contributed by atoms with Gasteiger partial charge in [0.15, 0.2) is 32.8 Å². The zero-order chi connectivity index (χ0) is 14.0. The number of ether oxygens (including phenoxy) is 2. The Balaban J connectivity index is 2.07. The fourth-order valence-electron chi connectivity index (χ4n) is 2.47. The third-order valence-electron chi connectivity index (χ3n) is 3.26. The molecule has 1 atom stereocenters. The predicted molar refractivity (Wildman–Crippen MR) is 89.3 cm³/mol. The largest absolute Gasteiger partial charge is 0.467 e. The Morgan fingerprint density at radius 2 is 1.89 bits per heavy atom. The lowest BCUT2D eigenvalue weighted by Gasteiger charge is -2.20. The molecule has 98 valence electrons. The lowest BCUT2D eigenvalue weighted by atomic mass is 9.76. The summed E-state index contributed by atoms with van der Waals surface area (Å²) in [5.74, 6) is 2.22. The molecule has 0 amide bonds. The average Bonchev–Trinajstić information content (AvgIpc) is 2.60. The topological polar surface area (TPSA) is 30.5 Å². The lowest BCUT2D eigenvalue weighted by Crippen LogP contribution is -2.39. The predicted octanol–water partition coefficient (Wildman–Crippen LogP) is -2.20. The summed E-state index contributed by atoms with van der Waals surface area (Å²) < 4.78 is 11.5. The van der Waals surface area contributed by atoms with Crippen LogP contribution in [0.25, 0.3) is 0 Å². The van der Waals surface area contributed by atoms with Crippen molar-refractivity contribution in [3.63, 3.8) is 0 Å². The number of nitrogens with one attached hydrogen (secondary N) is 1. The van der Waals surface area contributed by atoms with Crippen LogP contribution in [-0.2, 0) is 6.42 Å². The van der Waals surface area contributed by atoms with Crippen LogP contribution in [0.3, 0.4) is 0 Å². The molecule has 1 heterocycles. The van der Waals surface area contributed by atoms with Gasteiger partial charge in [-0.3, -0.25) is 0 Å². The van der Waals surface area contributed by atoms with Gasteiger partial charge < -0.3 is 14.8 Å². The van der Waals surface area contributed by atoms with E-state index in [9.17, 15) is 0 Å². The summed E-state index contributed by atoms with van der Waals surface area (Å²) in [4.78, 5) is 0. The van der Waals surface area contributed by atoms with Gasteiger partial charge in [-0.25, -0.2) is 0 Å². The lowest BCUT2D eigenvalue weighted by molar-refractivity contribution is 0.0833. The molecule has 1 aromatic rings. The van der Waals surface area contributed by atoms with E-state index in [0.29, 0.717) is 11.9 Å². The molecular formula is C12H21B4NO2. The van der Waals surface area contributed by atoms with Gasteiger partial charge in [0.1, 0.15) is 15.7 Å². The maximum absolute atomic E-state index is 5.79. The average molecular weight is 255 g/mol. The quantitative estimate of drug-likeness (QED) is 0.605. The summed E-state index contributed by atoms with van der Waals surface area (Å²) in [6.07, 6.45) is 2.14. The monoisotopic (exact) mass is 255 g/mol. The molecule has 1 aromatic carbocycles. The van der Waals surface area contributed by atoms with E-state index >= 15 is 0 Å². The highest BCUT2D eigenvalue weighted by atomic mass is 16.7. The molecule has 0 aliphatic carbocycles. The Morgan fingerprint density at radius 1 is 1.21 bits per heavy atom. The summed E-state index contributed by atoms with van der Waals surface area (Å²) in [5, 5.41) is 3.59. The Morgan fingerprint density at radius 3 is 2.53 bits per heavy atom. The van der Waals surface area contributed by atoms with Crippen molar-refractivity contribution in [3.05, 3.63) is 23.8 Å². The van der Waals surface area contributed by atoms with E-state index in [0.717, 1.165) is 24.3 Å². The summed E-state index contributed by atoms with van der Waals surface area (Å²) in [5.41, 5.74) is 0.751. The zero-order valence-electron chi connectivity index (χ0n) is 12.6. The zero-order valence-corrected chi connectivity index (χ0v) is 12.6. The smallest absolute Gasteiger partial charge is 0.197 e. The summed E-state index contributed by atoms with van der Waals surface area (Å²) in [6, 6.07) is 6.76. The summed E-state index contributed by atoms with van der Waals surface area (Å²) >= 11 is 0. The second-order valence-corrected chi connectivity index (χ2v) is 6.02. The van der Waals surface area contributed by atoms with Gasteiger partial charge in [0, 0.05) is 6.04 Å². The SMILES string of the molecule is BC(B)N[C@H](CC)Cc1ccc2c(c1)OC(B)(B)O2. The van der Waals surface area contributed by atoms with Crippen molar-refractivity contribution in [2.24, 2.45) is 0 Å². The van der Waals surface area contributed by atoms with Crippen LogP contribution in [0.2, 0.25) is 0 Å². The molecule has 0 spiro atoms. The molecule has 7 heteroatoms. The minimum atomic E-state index is -0.540. The van der Waals surface area contributed by atoms with Crippen molar-refractivity contribution in [1.82, 2.24) is 5.32 Å². The van der Waals surface area contributed by atoms with E-state index < -0.39 is 5.59 Å². The second kappa shape index (κ2) is 5.58. The van der Waals surface area contributed by atoms with Crippen LogP contribution in [0.4, 0.5) is 0 Å². The molecule has 0 saturated carbocycles. The van der Waals surface area contributed by atoms with Crippen LogP contribution in [0.5, 0.6) is 11.5 Å². The molecular weight excluding hydrogens is 233 g/mol. The number of rotatable bonds is 5. The Bertz CT molecular complexity index is 453. The highest BCUT2D eigenvalue weighted by molar-refractivity contribution is 6.38. The van der Waals surface area contributed by atoms with Gasteiger partial charge in [-0.05, 0) is 30.5 Å². The molecule has 0 bridgehead atoms. The molecule has 0 aromatic heterocycles. The Labute approximate surface area is 119 Å². The molecule has 19 heavy (non-hydrogen) atoms. The van der Waals surface area contributed by atoms with Crippen molar-refractivity contribution in [2.45, 2.75) is 37.2 Å². The van der Waals surface area contributed by atoms with Crippen LogP contribution in [0.1, 0.15) is 18.9 Å². The van der Waals surface area contributed by atoms with Crippen LogP contribution >= 0.6 is 0 Å². The third-order valence-corrected chi connectivity index (χ3v) is 3.26. The van der Waals surface area contributed by atoms with Gasteiger partial charge in [0.05, 0.1) is 0 Å². The first-order chi connectivity index (χ1) is 8.89. The van der Waals surface area contributed by atoms with E-state index in [4.69, 9.17) is 9.47 Å². The summed E-state index contributed by atoms with van der Waals surface area (Å²) in [7, 11) is 8.24. The van der Waals surface area contributed by atoms with Crippen molar-refractivity contribution in [3.8, 4) is 11.5 Å². The number of hydrogen-bond acceptors (Lipinski definition) is 3. The number of hydrogen-bond donors (Lipinski definition) is 1. The number of benzene rings is 1. The molecule has 3 nitrogen and oxygen atoms in total. The minimum absolute atomic E-state index is 0.508. The first-order valence-electron chi connectivity index (χ1n) is 7.16. The van der Waals surface area contributed by atoms with Crippen LogP contribution < -0.4 is 14.8 Å². The van der Waals surface area contributed by atoms with Crippen molar-refractivity contribution < 1.29 is 9.47 Å². The van der Waals surface area contributed by atoms with E-state index in [1.165, 1.54) is 5.56 Å². The number of fused-ring (bicyclic) bond motifs is 1. The normalized spacial score (nSPS) is 17.6. The molecule has 0 unspecified atom stereocenters. The first-order valence-corrected chi connectivity index (χ1v) is 7.16. The second-order valence-electron chi connectivity index (χ2n) is 6.02. The van der Waals surface area contributed by atoms with E-state index in [1.54, 1.807) is 0 Å². The highest BCUT2D eigenvalue weighted by Crippen LogP contribution is 2.37. The van der Waals surface area contributed by atoms with Crippen molar-refractivity contribution >= 4 is 31.4 Å². The fraction of sp³-hybridized carbons (Fsp3) is 0.500. The fourth-order valence-corrected chi connectivity index (χ4v) is 2.47. The summed E-state index contributed by atoms with van der Waals surface area (Å²) in [6.45, 7) is 2.22. The van der Waals surface area contributed by atoms with Gasteiger partial charge in [0.2, 0.25) is 0 Å². The Kier molecular flexibility index (Phi) is 4.24. The van der Waals surface area contributed by atoms with E-state index in [-0.39, 0.29) is 0 Å². The van der Waals surface area contributed by atoms with E-state index in [1.807, 2.05) is 21.8 Å². The van der Waals surface area contributed by atoms with Crippen LogP contribution in [-0.4, -0.2) is 48.9 Å². The maximum atomic E-state index is 5.79. The minimum Gasteiger partial charge on any atom is -0.467 e. The van der Waals surface area contributed by atoms with Crippen molar-refractivity contribution in [1.29, 1.82) is 0 Å². The van der Waals surface area contributed by atoms with Crippen LogP contribution in [0, 0.1) is 0 Å². The van der Waals surface area contributed by atoms with Gasteiger partial charge >= 0.3 is 0 Å². The molecule has 1 N–H and O–H groups in total. The molecule has 1 aliphatic heterocycles. The van der Waals surface area contributed by atoms with Gasteiger partial charge in [0.25, 0.3) is 0 Å². The van der Waals surface area contributed by atoms with E-state index in [2.05, 4.69) is 40.1 Å². The highest BCUT2D eigenvalue weighted by Gasteiger charge is 2.31. The molecule has 0 fully saturated rings. The maximum Gasteiger partial charge on any atom is 0.197 e. The molecule has 2 rings (SSSR count). The van der Waals surface area contributed by atoms with Crippen molar-refractivity contribution in [2.75, 3.05) is 0 Å². The van der Waals surface area contributed by atoms with Crippen LogP contribution in [0.15, 0.2) is 18.2 Å². The van der Waals surface area contributed by atoms with Gasteiger partial charge in [-0.2, -0.15) is 0 Å². The van der Waals surface area contributed by atoms with Gasteiger partial charge in [-0.15, -0.1) is 0 Å². The Hall–Kier alpha value is -0.960. The molecule has 0 radical (unpaired) electrons.